The van der Waals surface area contributed by atoms with Gasteiger partial charge in [-0.25, -0.2) is 0 Å². The van der Waals surface area contributed by atoms with Crippen LogP contribution < -0.4 is 0 Å². The molecule has 1 unspecified atom stereocenters. The number of allylic oxidation sites excluding steroid dienone is 22. The number of esters is 3. The second-order valence-electron chi connectivity index (χ2n) is 22.3. The number of hydrogen-bond donors (Lipinski definition) is 0. The molecule has 0 aromatic carbocycles. The molecular formula is C76H126O6. The minimum Gasteiger partial charge on any atom is -0.462 e. The molecule has 0 N–H and O–H groups in total. The third-order valence-electron chi connectivity index (χ3n) is 14.4. The molecule has 0 aliphatic heterocycles. The molecule has 6 heteroatoms. The molecule has 0 aliphatic carbocycles. The fraction of sp³-hybridized carbons (Fsp3) is 0.671. The molecule has 0 spiro atoms. The van der Waals surface area contributed by atoms with E-state index >= 15 is 0 Å². The molecule has 0 aliphatic rings. The van der Waals surface area contributed by atoms with Crippen LogP contribution in [0.3, 0.4) is 0 Å². The van der Waals surface area contributed by atoms with Crippen LogP contribution in [0.5, 0.6) is 0 Å². The number of ether oxygens (including phenoxy) is 3. The Kier molecular flexibility index (Phi) is 65.3. The molecule has 0 radical (unpaired) electrons. The molecule has 466 valence electrons. The lowest BCUT2D eigenvalue weighted by molar-refractivity contribution is -0.167. The summed E-state index contributed by atoms with van der Waals surface area (Å²) < 4.78 is 16.9. The highest BCUT2D eigenvalue weighted by Crippen LogP contribution is 2.15. The molecular weight excluding hydrogens is 1010 g/mol. The van der Waals surface area contributed by atoms with Crippen molar-refractivity contribution >= 4 is 17.9 Å². The first-order valence-electron chi connectivity index (χ1n) is 34.2. The van der Waals surface area contributed by atoms with E-state index in [0.717, 1.165) is 128 Å². The number of rotatable bonds is 61. The van der Waals surface area contributed by atoms with E-state index in [-0.39, 0.29) is 37.5 Å². The zero-order chi connectivity index (χ0) is 59.2. The van der Waals surface area contributed by atoms with E-state index in [1.54, 1.807) is 0 Å². The van der Waals surface area contributed by atoms with Gasteiger partial charge in [0.15, 0.2) is 6.10 Å². The summed E-state index contributed by atoms with van der Waals surface area (Å²) in [5.41, 5.74) is 0. The molecule has 0 aromatic rings. The lowest BCUT2D eigenvalue weighted by Gasteiger charge is -2.18. The van der Waals surface area contributed by atoms with Crippen LogP contribution in [0.1, 0.15) is 310 Å². The fourth-order valence-electron chi connectivity index (χ4n) is 9.25. The lowest BCUT2D eigenvalue weighted by atomic mass is 10.0. The van der Waals surface area contributed by atoms with Gasteiger partial charge in [0.2, 0.25) is 0 Å². The van der Waals surface area contributed by atoms with Gasteiger partial charge in [-0.2, -0.15) is 0 Å². The molecule has 0 saturated heterocycles. The number of carbonyl (C=O) groups is 3. The van der Waals surface area contributed by atoms with Crippen molar-refractivity contribution < 1.29 is 28.6 Å². The highest BCUT2D eigenvalue weighted by Gasteiger charge is 2.19. The largest absolute Gasteiger partial charge is 0.462 e. The lowest BCUT2D eigenvalue weighted by Crippen LogP contribution is -2.30. The van der Waals surface area contributed by atoms with Crippen molar-refractivity contribution in [3.63, 3.8) is 0 Å². The van der Waals surface area contributed by atoms with Crippen molar-refractivity contribution in [3.05, 3.63) is 134 Å². The Labute approximate surface area is 506 Å². The standard InChI is InChI=1S/C76H126O6/c1-4-7-10-13-16-19-22-25-28-31-33-35-36-37-38-39-40-42-43-45-48-51-54-57-60-63-66-69-75(78)81-72-73(71-80-74(77)68-65-62-59-56-53-50-47-30-27-24-21-18-15-12-9-6-3)82-76(79)70-67-64-61-58-55-52-49-46-44-41-34-32-29-26-23-20-17-14-11-8-5-2/h8,11,17,20-22,24-26,29-31,33-34,36-37,41,46-47,49,55,58,73H,4-7,9-10,12-16,18-19,23,27-28,32,35,38-40,42-45,48,50-54,56-57,59-72H2,1-3H3/b11-8-,20-17-,24-21-,25-22-,29-26-,33-31-,37-36-,41-34-,47-30-,49-46-,58-55-. The summed E-state index contributed by atoms with van der Waals surface area (Å²) in [4.78, 5) is 38.4. The Balaban J connectivity index is 4.43. The van der Waals surface area contributed by atoms with Gasteiger partial charge in [0, 0.05) is 19.3 Å². The van der Waals surface area contributed by atoms with E-state index in [1.165, 1.54) is 135 Å². The van der Waals surface area contributed by atoms with E-state index in [1.807, 2.05) is 0 Å². The number of hydrogen-bond acceptors (Lipinski definition) is 6. The normalized spacial score (nSPS) is 13.0. The summed E-state index contributed by atoms with van der Waals surface area (Å²) in [7, 11) is 0. The average molecular weight is 1140 g/mol. The maximum Gasteiger partial charge on any atom is 0.306 e. The highest BCUT2D eigenvalue weighted by atomic mass is 16.6. The Morgan fingerprint density at radius 2 is 0.476 bits per heavy atom. The molecule has 0 amide bonds. The van der Waals surface area contributed by atoms with E-state index in [9.17, 15) is 14.4 Å². The van der Waals surface area contributed by atoms with Crippen molar-refractivity contribution in [2.24, 2.45) is 0 Å². The molecule has 6 nitrogen and oxygen atoms in total. The van der Waals surface area contributed by atoms with Gasteiger partial charge in [-0.3, -0.25) is 14.4 Å². The molecule has 0 fully saturated rings. The van der Waals surface area contributed by atoms with Crippen LogP contribution in [0.15, 0.2) is 134 Å². The zero-order valence-electron chi connectivity index (χ0n) is 53.5. The number of carbonyl (C=O) groups excluding carboxylic acids is 3. The zero-order valence-corrected chi connectivity index (χ0v) is 53.5. The molecule has 0 heterocycles. The summed E-state index contributed by atoms with van der Waals surface area (Å²) >= 11 is 0. The Hall–Kier alpha value is -4.45. The van der Waals surface area contributed by atoms with Crippen molar-refractivity contribution in [1.29, 1.82) is 0 Å². The second-order valence-corrected chi connectivity index (χ2v) is 22.3. The Morgan fingerprint density at radius 1 is 0.256 bits per heavy atom. The van der Waals surface area contributed by atoms with E-state index in [2.05, 4.69) is 154 Å². The van der Waals surface area contributed by atoms with Gasteiger partial charge in [-0.05, 0) is 141 Å². The van der Waals surface area contributed by atoms with Gasteiger partial charge in [0.1, 0.15) is 13.2 Å². The highest BCUT2D eigenvalue weighted by molar-refractivity contribution is 5.71. The van der Waals surface area contributed by atoms with Crippen LogP contribution >= 0.6 is 0 Å². The van der Waals surface area contributed by atoms with Gasteiger partial charge >= 0.3 is 17.9 Å². The second kappa shape index (κ2) is 69.0. The van der Waals surface area contributed by atoms with Crippen LogP contribution in [-0.4, -0.2) is 37.2 Å². The van der Waals surface area contributed by atoms with Crippen molar-refractivity contribution in [1.82, 2.24) is 0 Å². The summed E-state index contributed by atoms with van der Waals surface area (Å²) in [5.74, 6) is -0.959. The minimum absolute atomic E-state index is 0.104. The van der Waals surface area contributed by atoms with Gasteiger partial charge in [0.05, 0.1) is 0 Å². The van der Waals surface area contributed by atoms with Crippen LogP contribution in [0, 0.1) is 0 Å². The minimum atomic E-state index is -0.815. The van der Waals surface area contributed by atoms with Gasteiger partial charge in [-0.15, -0.1) is 0 Å². The molecule has 82 heavy (non-hydrogen) atoms. The third-order valence-corrected chi connectivity index (χ3v) is 14.4. The average Bonchev–Trinajstić information content (AvgIpc) is 3.48. The van der Waals surface area contributed by atoms with E-state index < -0.39 is 6.10 Å². The molecule has 0 saturated carbocycles. The molecule has 0 bridgehead atoms. The quantitative estimate of drug-likeness (QED) is 0.0261. The topological polar surface area (TPSA) is 78.9 Å². The summed E-state index contributed by atoms with van der Waals surface area (Å²) in [6.45, 7) is 6.47. The first kappa shape index (κ1) is 77.5. The fourth-order valence-corrected chi connectivity index (χ4v) is 9.25. The van der Waals surface area contributed by atoms with Crippen LogP contribution in [-0.2, 0) is 28.6 Å². The van der Waals surface area contributed by atoms with Gasteiger partial charge < -0.3 is 14.2 Å². The van der Waals surface area contributed by atoms with Crippen LogP contribution in [0.2, 0.25) is 0 Å². The van der Waals surface area contributed by atoms with Crippen molar-refractivity contribution in [3.8, 4) is 0 Å². The monoisotopic (exact) mass is 1130 g/mol. The molecule has 0 rings (SSSR count). The number of unbranched alkanes of at least 4 members (excludes halogenated alkanes) is 28. The SMILES string of the molecule is CC/C=C\C/C=C\C/C=C\C/C=C\C/C=C\C/C=C\CCCCC(=O)OC(COC(=O)CCCCCCC/C=C\C/C=C\CCCCCC)COC(=O)CCCCCCCCCCCCCC/C=C\C/C=C\C/C=C\CCCCCCC. The van der Waals surface area contributed by atoms with Gasteiger partial charge in [-0.1, -0.05) is 283 Å². The van der Waals surface area contributed by atoms with Gasteiger partial charge in [0.25, 0.3) is 0 Å². The first-order chi connectivity index (χ1) is 40.5. The molecule has 1 atom stereocenters. The maximum atomic E-state index is 12.9. The molecule has 0 aromatic heterocycles. The van der Waals surface area contributed by atoms with Crippen LogP contribution in [0.25, 0.3) is 0 Å². The van der Waals surface area contributed by atoms with Crippen LogP contribution in [0.4, 0.5) is 0 Å². The van der Waals surface area contributed by atoms with Crippen molar-refractivity contribution in [2.45, 2.75) is 316 Å². The van der Waals surface area contributed by atoms with Crippen molar-refractivity contribution in [2.75, 3.05) is 13.2 Å². The summed E-state index contributed by atoms with van der Waals surface area (Å²) in [6, 6.07) is 0. The Morgan fingerprint density at radius 3 is 0.780 bits per heavy atom. The third kappa shape index (κ3) is 66.4. The summed E-state index contributed by atoms with van der Waals surface area (Å²) in [5, 5.41) is 0. The summed E-state index contributed by atoms with van der Waals surface area (Å²) in [6.07, 6.45) is 97.5. The predicted molar refractivity (Wildman–Crippen MR) is 357 cm³/mol. The maximum absolute atomic E-state index is 12.9. The van der Waals surface area contributed by atoms with E-state index in [4.69, 9.17) is 14.2 Å². The van der Waals surface area contributed by atoms with E-state index in [0.29, 0.717) is 19.3 Å². The smallest absolute Gasteiger partial charge is 0.306 e. The first-order valence-corrected chi connectivity index (χ1v) is 34.2. The Bertz CT molecular complexity index is 1730. The predicted octanol–water partition coefficient (Wildman–Crippen LogP) is 23.7.